The minimum absolute atomic E-state index is 0.0137. The molecule has 0 aliphatic heterocycles. The van der Waals surface area contributed by atoms with Crippen LogP contribution < -0.4 is 11.1 Å². The average molecular weight is 243 g/mol. The van der Waals surface area contributed by atoms with Crippen molar-refractivity contribution >= 4 is 17.6 Å². The molecule has 0 heterocycles. The number of carbonyl (C=O) groups is 3. The van der Waals surface area contributed by atoms with Crippen molar-refractivity contribution in [2.45, 2.75) is 26.8 Å². The molecule has 0 aromatic rings. The van der Waals surface area contributed by atoms with E-state index >= 15 is 0 Å². The second-order valence-electron chi connectivity index (χ2n) is 4.54. The van der Waals surface area contributed by atoms with Crippen molar-refractivity contribution in [2.75, 3.05) is 20.1 Å². The zero-order valence-electron chi connectivity index (χ0n) is 10.8. The van der Waals surface area contributed by atoms with Crippen LogP contribution in [0.3, 0.4) is 0 Å². The molecule has 2 amide bonds. The van der Waals surface area contributed by atoms with Gasteiger partial charge in [-0.15, -0.1) is 0 Å². The Labute approximate surface area is 102 Å². The van der Waals surface area contributed by atoms with Crippen molar-refractivity contribution in [3.05, 3.63) is 0 Å². The first kappa shape index (κ1) is 15.6. The van der Waals surface area contributed by atoms with Gasteiger partial charge in [-0.25, -0.2) is 0 Å². The van der Waals surface area contributed by atoms with Crippen molar-refractivity contribution < 1.29 is 14.4 Å². The Morgan fingerprint density at radius 3 is 2.12 bits per heavy atom. The minimum atomic E-state index is -0.493. The molecule has 1 unspecified atom stereocenters. The van der Waals surface area contributed by atoms with Crippen LogP contribution in [0.1, 0.15) is 20.8 Å². The lowest BCUT2D eigenvalue weighted by molar-refractivity contribution is -0.128. The summed E-state index contributed by atoms with van der Waals surface area (Å²) < 4.78 is 0. The molecule has 6 heteroatoms. The van der Waals surface area contributed by atoms with Gasteiger partial charge in [0, 0.05) is 0 Å². The van der Waals surface area contributed by atoms with Gasteiger partial charge in [-0.05, 0) is 19.9 Å². The number of hydrogen-bond acceptors (Lipinski definition) is 4. The number of ketones is 1. The third-order valence-corrected chi connectivity index (χ3v) is 2.26. The van der Waals surface area contributed by atoms with E-state index in [1.165, 1.54) is 11.8 Å². The van der Waals surface area contributed by atoms with E-state index in [-0.39, 0.29) is 30.7 Å². The molecule has 0 aliphatic carbocycles. The van der Waals surface area contributed by atoms with Crippen LogP contribution in [0.25, 0.3) is 0 Å². The Kier molecular flexibility index (Phi) is 6.42. The smallest absolute Gasteiger partial charge is 0.234 e. The maximum absolute atomic E-state index is 11.6. The molecule has 0 aliphatic rings. The first-order valence-corrected chi connectivity index (χ1v) is 5.50. The first-order valence-electron chi connectivity index (χ1n) is 5.50. The van der Waals surface area contributed by atoms with Crippen LogP contribution >= 0.6 is 0 Å². The van der Waals surface area contributed by atoms with E-state index in [0.29, 0.717) is 0 Å². The molecule has 0 aromatic heterocycles. The van der Waals surface area contributed by atoms with Crippen molar-refractivity contribution in [1.29, 1.82) is 0 Å². The molecule has 6 nitrogen and oxygen atoms in total. The number of primary amides is 1. The number of carbonyl (C=O) groups excluding carboxylic acids is 3. The third kappa shape index (κ3) is 6.68. The maximum atomic E-state index is 11.6. The normalized spacial score (nSPS) is 12.6. The number of nitrogens with zero attached hydrogens (tertiary/aromatic N) is 1. The Bertz CT molecular complexity index is 302. The van der Waals surface area contributed by atoms with Crippen LogP contribution in [0.4, 0.5) is 0 Å². The molecular formula is C11H21N3O3. The molecule has 0 aromatic carbocycles. The summed E-state index contributed by atoms with van der Waals surface area (Å²) >= 11 is 0. The molecule has 0 saturated carbocycles. The fourth-order valence-corrected chi connectivity index (χ4v) is 1.52. The molecule has 3 N–H and O–H groups in total. The summed E-state index contributed by atoms with van der Waals surface area (Å²) in [5.74, 6) is -0.821. The van der Waals surface area contributed by atoms with Gasteiger partial charge in [0.1, 0.15) is 0 Å². The Morgan fingerprint density at radius 2 is 1.76 bits per heavy atom. The quantitative estimate of drug-likeness (QED) is 0.608. The summed E-state index contributed by atoms with van der Waals surface area (Å²) in [7, 11) is 1.61. The van der Waals surface area contributed by atoms with Gasteiger partial charge in [0.15, 0.2) is 5.78 Å². The fraction of sp³-hybridized carbons (Fsp3) is 0.727. The lowest BCUT2D eigenvalue weighted by atomic mass is 10.0. The highest BCUT2D eigenvalue weighted by Crippen LogP contribution is 2.02. The third-order valence-electron chi connectivity index (χ3n) is 2.26. The highest BCUT2D eigenvalue weighted by atomic mass is 16.2. The zero-order chi connectivity index (χ0) is 13.6. The van der Waals surface area contributed by atoms with Gasteiger partial charge >= 0.3 is 0 Å². The highest BCUT2D eigenvalue weighted by molar-refractivity contribution is 5.88. The molecular weight excluding hydrogens is 222 g/mol. The van der Waals surface area contributed by atoms with Crippen molar-refractivity contribution in [3.8, 4) is 0 Å². The van der Waals surface area contributed by atoms with Crippen LogP contribution in [-0.2, 0) is 14.4 Å². The van der Waals surface area contributed by atoms with Gasteiger partial charge in [0.2, 0.25) is 11.8 Å². The lowest BCUT2D eigenvalue weighted by Gasteiger charge is -2.21. The SMILES string of the molecule is CC(=O)C(NC(=O)CN(C)CC(N)=O)C(C)C. The van der Waals surface area contributed by atoms with E-state index in [0.717, 1.165) is 0 Å². The van der Waals surface area contributed by atoms with Gasteiger partial charge in [-0.3, -0.25) is 19.3 Å². The molecule has 0 rings (SSSR count). The fourth-order valence-electron chi connectivity index (χ4n) is 1.52. The van der Waals surface area contributed by atoms with E-state index in [1.54, 1.807) is 7.05 Å². The number of rotatable bonds is 7. The summed E-state index contributed by atoms with van der Waals surface area (Å²) in [4.78, 5) is 35.0. The number of likely N-dealkylation sites (N-methyl/N-ethyl adjacent to an activating group) is 1. The van der Waals surface area contributed by atoms with Crippen LogP contribution in [-0.4, -0.2) is 48.7 Å². The monoisotopic (exact) mass is 243 g/mol. The van der Waals surface area contributed by atoms with E-state index < -0.39 is 11.9 Å². The van der Waals surface area contributed by atoms with E-state index in [4.69, 9.17) is 5.73 Å². The van der Waals surface area contributed by atoms with E-state index in [1.807, 2.05) is 13.8 Å². The Hall–Kier alpha value is -1.43. The largest absolute Gasteiger partial charge is 0.369 e. The van der Waals surface area contributed by atoms with Crippen LogP contribution in [0.5, 0.6) is 0 Å². The highest BCUT2D eigenvalue weighted by Gasteiger charge is 2.21. The minimum Gasteiger partial charge on any atom is -0.369 e. The predicted molar refractivity (Wildman–Crippen MR) is 64.1 cm³/mol. The molecule has 17 heavy (non-hydrogen) atoms. The average Bonchev–Trinajstić information content (AvgIpc) is 2.11. The van der Waals surface area contributed by atoms with Gasteiger partial charge in [-0.2, -0.15) is 0 Å². The molecule has 1 atom stereocenters. The van der Waals surface area contributed by atoms with Crippen molar-refractivity contribution in [3.63, 3.8) is 0 Å². The lowest BCUT2D eigenvalue weighted by Crippen LogP contribution is -2.47. The number of hydrogen-bond donors (Lipinski definition) is 2. The topological polar surface area (TPSA) is 92.5 Å². The van der Waals surface area contributed by atoms with Crippen LogP contribution in [0.2, 0.25) is 0 Å². The molecule has 0 radical (unpaired) electrons. The van der Waals surface area contributed by atoms with Gasteiger partial charge < -0.3 is 11.1 Å². The number of nitrogens with one attached hydrogen (secondary N) is 1. The summed E-state index contributed by atoms with van der Waals surface area (Å²) in [6.45, 7) is 5.22. The second kappa shape index (κ2) is 7.01. The number of nitrogens with two attached hydrogens (primary N) is 1. The zero-order valence-corrected chi connectivity index (χ0v) is 10.8. The van der Waals surface area contributed by atoms with Gasteiger partial charge in [0.05, 0.1) is 19.1 Å². The summed E-state index contributed by atoms with van der Waals surface area (Å²) in [5, 5.41) is 2.64. The van der Waals surface area contributed by atoms with Gasteiger partial charge in [0.25, 0.3) is 0 Å². The molecule has 0 bridgehead atoms. The van der Waals surface area contributed by atoms with E-state index in [2.05, 4.69) is 5.32 Å². The Balaban J connectivity index is 4.24. The summed E-state index contributed by atoms with van der Waals surface area (Å²) in [5.41, 5.74) is 5.00. The summed E-state index contributed by atoms with van der Waals surface area (Å²) in [6, 6.07) is -0.482. The second-order valence-corrected chi connectivity index (χ2v) is 4.54. The van der Waals surface area contributed by atoms with Crippen LogP contribution in [0, 0.1) is 5.92 Å². The molecule has 0 spiro atoms. The standard InChI is InChI=1S/C11H21N3O3/c1-7(2)11(8(3)15)13-10(17)6-14(4)5-9(12)16/h7,11H,5-6H2,1-4H3,(H2,12,16)(H,13,17). The van der Waals surface area contributed by atoms with Crippen molar-refractivity contribution in [1.82, 2.24) is 10.2 Å². The first-order chi connectivity index (χ1) is 7.73. The van der Waals surface area contributed by atoms with E-state index in [9.17, 15) is 14.4 Å². The summed E-state index contributed by atoms with van der Waals surface area (Å²) in [6.07, 6.45) is 0. The predicted octanol–water partition coefficient (Wildman–Crippen LogP) is -0.867. The van der Waals surface area contributed by atoms with Gasteiger partial charge in [-0.1, -0.05) is 13.8 Å². The molecule has 0 saturated heterocycles. The van der Waals surface area contributed by atoms with Crippen LogP contribution in [0.15, 0.2) is 0 Å². The maximum Gasteiger partial charge on any atom is 0.234 e. The Morgan fingerprint density at radius 1 is 1.24 bits per heavy atom. The molecule has 98 valence electrons. The van der Waals surface area contributed by atoms with Crippen molar-refractivity contribution in [2.24, 2.45) is 11.7 Å². The number of Topliss-reactive ketones (excluding diaryl/α,β-unsaturated/α-hetero) is 1. The number of amides is 2. The molecule has 0 fully saturated rings.